The van der Waals surface area contributed by atoms with Gasteiger partial charge in [0.05, 0.1) is 18.6 Å². The largest absolute Gasteiger partial charge is 0.506 e. The van der Waals surface area contributed by atoms with Crippen LogP contribution in [-0.4, -0.2) is 40.8 Å². The van der Waals surface area contributed by atoms with E-state index >= 15 is 0 Å². The summed E-state index contributed by atoms with van der Waals surface area (Å²) in [6.45, 7) is 3.64. The highest BCUT2D eigenvalue weighted by atomic mass is 79.9. The molecule has 0 spiro atoms. The molecule has 1 aliphatic heterocycles. The van der Waals surface area contributed by atoms with E-state index in [4.69, 9.17) is 9.47 Å². The van der Waals surface area contributed by atoms with Crippen LogP contribution in [-0.2, 0) is 9.53 Å². The van der Waals surface area contributed by atoms with Gasteiger partial charge >= 0.3 is 5.97 Å². The molecule has 0 aliphatic carbocycles. The van der Waals surface area contributed by atoms with E-state index in [0.29, 0.717) is 15.6 Å². The molecule has 1 aliphatic rings. The van der Waals surface area contributed by atoms with Crippen LogP contribution in [0.5, 0.6) is 11.5 Å². The number of ether oxygens (including phenoxy) is 2. The van der Waals surface area contributed by atoms with Gasteiger partial charge in [-0.2, -0.15) is 0 Å². The van der Waals surface area contributed by atoms with Crippen LogP contribution in [0.25, 0.3) is 6.08 Å². The third-order valence-corrected chi connectivity index (χ3v) is 6.16. The average Bonchev–Trinajstić information content (AvgIpc) is 3.05. The molecule has 0 bridgehead atoms. The van der Waals surface area contributed by atoms with Gasteiger partial charge in [-0.1, -0.05) is 45.4 Å². The van der Waals surface area contributed by atoms with Crippen LogP contribution in [0.15, 0.2) is 62.1 Å². The first-order valence-electron chi connectivity index (χ1n) is 9.52. The number of esters is 1. The maximum atomic E-state index is 12.7. The van der Waals surface area contributed by atoms with E-state index in [9.17, 15) is 19.8 Å². The second-order valence-electron chi connectivity index (χ2n) is 6.69. The Kier molecular flexibility index (Phi) is 7.42. The van der Waals surface area contributed by atoms with Crippen molar-refractivity contribution in [2.75, 3.05) is 13.7 Å². The first kappa shape index (κ1) is 23.6. The molecule has 2 aromatic carbocycles. The number of phenols is 1. The fourth-order valence-electron chi connectivity index (χ4n) is 2.82. The number of carbonyl (C=O) groups excluding carboxylic acids is 2. The summed E-state index contributed by atoms with van der Waals surface area (Å²) >= 11 is 4.32. The summed E-state index contributed by atoms with van der Waals surface area (Å²) in [6.07, 6.45) is 1.59. The summed E-state index contributed by atoms with van der Waals surface area (Å²) in [4.78, 5) is 29.5. The summed E-state index contributed by atoms with van der Waals surface area (Å²) < 4.78 is 10.7. The number of amides is 1. The Morgan fingerprint density at radius 1 is 1.19 bits per heavy atom. The number of benzene rings is 2. The number of halogens is 1. The van der Waals surface area contributed by atoms with Crippen molar-refractivity contribution in [2.24, 2.45) is 4.99 Å². The van der Waals surface area contributed by atoms with Crippen LogP contribution in [0.4, 0.5) is 0 Å². The van der Waals surface area contributed by atoms with Crippen molar-refractivity contribution >= 4 is 50.7 Å². The smallest absolute Gasteiger partial charge is 0.344 e. The lowest BCUT2D eigenvalue weighted by atomic mass is 10.1. The van der Waals surface area contributed by atoms with Crippen LogP contribution in [0.2, 0.25) is 0 Å². The van der Waals surface area contributed by atoms with Crippen LogP contribution in [0.3, 0.4) is 0 Å². The van der Waals surface area contributed by atoms with Gasteiger partial charge in [0.25, 0.3) is 5.91 Å². The van der Waals surface area contributed by atoms with Crippen molar-refractivity contribution in [3.05, 3.63) is 73.8 Å². The molecule has 2 aromatic rings. The lowest BCUT2D eigenvalue weighted by Gasteiger charge is -2.07. The van der Waals surface area contributed by atoms with Gasteiger partial charge in [-0.05, 0) is 49.8 Å². The minimum Gasteiger partial charge on any atom is -0.506 e. The average molecular weight is 518 g/mol. The van der Waals surface area contributed by atoms with Gasteiger partial charge in [-0.15, -0.1) is 0 Å². The van der Waals surface area contributed by atoms with Crippen LogP contribution in [0, 0.1) is 6.92 Å². The molecule has 0 saturated carbocycles. The van der Waals surface area contributed by atoms with Gasteiger partial charge in [0, 0.05) is 10.0 Å². The number of aryl methyl sites for hydroxylation is 1. The third-order valence-electron chi connectivity index (χ3n) is 4.46. The van der Waals surface area contributed by atoms with Crippen molar-refractivity contribution in [2.45, 2.75) is 13.8 Å². The molecular formula is C23H20BrNO6S. The Morgan fingerprint density at radius 2 is 1.88 bits per heavy atom. The summed E-state index contributed by atoms with van der Waals surface area (Å²) in [7, 11) is 1.42. The minimum absolute atomic E-state index is 0.0413. The Bertz CT molecular complexity index is 1170. The standard InChI is InChI=1S/C23H20BrNO6S/c1-4-31-23(29)19-20(27)18(10-14-9-17(30-3)16(26)11-15(14)24)32-22(19)25-21(28)13-7-5-12(2)6-8-13/h5-11,26-27H,4H2,1-3H3/b18-10-,25-22?. The van der Waals surface area contributed by atoms with E-state index in [2.05, 4.69) is 20.9 Å². The van der Waals surface area contributed by atoms with Crippen LogP contribution < -0.4 is 4.74 Å². The van der Waals surface area contributed by atoms with Gasteiger partial charge in [-0.3, -0.25) is 4.79 Å². The molecule has 1 heterocycles. The van der Waals surface area contributed by atoms with E-state index in [0.717, 1.165) is 17.3 Å². The summed E-state index contributed by atoms with van der Waals surface area (Å²) in [5, 5.41) is 20.7. The minimum atomic E-state index is -0.779. The van der Waals surface area contributed by atoms with Crippen molar-refractivity contribution in [3.63, 3.8) is 0 Å². The lowest BCUT2D eigenvalue weighted by Crippen LogP contribution is -2.14. The van der Waals surface area contributed by atoms with Gasteiger partial charge in [-0.25, -0.2) is 9.79 Å². The van der Waals surface area contributed by atoms with E-state index in [1.807, 2.05) is 6.92 Å². The number of aliphatic imine (C=N–C) groups is 1. The van der Waals surface area contributed by atoms with Gasteiger partial charge in [0.2, 0.25) is 0 Å². The number of rotatable bonds is 5. The topological polar surface area (TPSA) is 105 Å². The second-order valence-corrected chi connectivity index (χ2v) is 8.57. The molecule has 0 atom stereocenters. The lowest BCUT2D eigenvalue weighted by molar-refractivity contribution is -0.138. The SMILES string of the molecule is CCOC(=O)C1=C(O)/C(=C/c2cc(OC)c(O)cc2Br)SC1=NC(=O)c1ccc(C)cc1. The van der Waals surface area contributed by atoms with E-state index in [1.54, 1.807) is 43.3 Å². The third kappa shape index (κ3) is 5.05. The number of aromatic hydroxyl groups is 1. The van der Waals surface area contributed by atoms with Crippen LogP contribution in [0.1, 0.15) is 28.4 Å². The fourth-order valence-corrected chi connectivity index (χ4v) is 4.27. The Morgan fingerprint density at radius 3 is 2.50 bits per heavy atom. The molecule has 0 fully saturated rings. The zero-order valence-electron chi connectivity index (χ0n) is 17.5. The number of hydrogen-bond donors (Lipinski definition) is 2. The zero-order chi connectivity index (χ0) is 23.4. The van der Waals surface area contributed by atoms with Crippen LogP contribution >= 0.6 is 27.7 Å². The molecule has 166 valence electrons. The number of phenolic OH excluding ortho intramolecular Hbond substituents is 1. The summed E-state index contributed by atoms with van der Waals surface area (Å²) in [6, 6.07) is 9.88. The summed E-state index contributed by atoms with van der Waals surface area (Å²) in [5.41, 5.74) is 1.75. The zero-order valence-corrected chi connectivity index (χ0v) is 19.9. The molecule has 0 aromatic heterocycles. The highest BCUT2D eigenvalue weighted by Crippen LogP contribution is 2.41. The number of carbonyl (C=O) groups is 2. The number of methoxy groups -OCH3 is 1. The summed E-state index contributed by atoms with van der Waals surface area (Å²) in [5.74, 6) is -1.49. The van der Waals surface area contributed by atoms with E-state index in [-0.39, 0.29) is 39.4 Å². The van der Waals surface area contributed by atoms with Gasteiger partial charge < -0.3 is 19.7 Å². The highest BCUT2D eigenvalue weighted by molar-refractivity contribution is 9.10. The number of aliphatic hydroxyl groups excluding tert-OH is 1. The molecule has 0 saturated heterocycles. The maximum absolute atomic E-state index is 12.7. The van der Waals surface area contributed by atoms with E-state index in [1.165, 1.54) is 13.2 Å². The van der Waals surface area contributed by atoms with Gasteiger partial charge in [0.15, 0.2) is 11.5 Å². The Labute approximate surface area is 197 Å². The first-order chi connectivity index (χ1) is 15.2. The molecule has 0 radical (unpaired) electrons. The molecule has 2 N–H and O–H groups in total. The second kappa shape index (κ2) is 10.1. The fraction of sp³-hybridized carbons (Fsp3) is 0.174. The Balaban J connectivity index is 2.05. The van der Waals surface area contributed by atoms with Crippen molar-refractivity contribution in [3.8, 4) is 11.5 Å². The molecule has 3 rings (SSSR count). The number of thioether (sulfide) groups is 1. The van der Waals surface area contributed by atoms with Gasteiger partial charge in [0.1, 0.15) is 16.4 Å². The molecule has 1 amide bonds. The molecular weight excluding hydrogens is 498 g/mol. The first-order valence-corrected chi connectivity index (χ1v) is 11.1. The molecule has 9 heteroatoms. The number of aliphatic hydroxyl groups is 1. The predicted molar refractivity (Wildman–Crippen MR) is 127 cm³/mol. The normalized spacial score (nSPS) is 16.0. The highest BCUT2D eigenvalue weighted by Gasteiger charge is 2.34. The monoisotopic (exact) mass is 517 g/mol. The number of hydrogen-bond acceptors (Lipinski definition) is 7. The van der Waals surface area contributed by atoms with E-state index < -0.39 is 11.9 Å². The predicted octanol–water partition coefficient (Wildman–Crippen LogP) is 5.17. The quantitative estimate of drug-likeness (QED) is 0.526. The van der Waals surface area contributed by atoms with Crippen molar-refractivity contribution in [1.82, 2.24) is 0 Å². The van der Waals surface area contributed by atoms with Crippen molar-refractivity contribution in [1.29, 1.82) is 0 Å². The molecule has 0 unspecified atom stereocenters. The number of nitrogens with zero attached hydrogens (tertiary/aromatic N) is 1. The Hall–Kier alpha value is -3.04. The maximum Gasteiger partial charge on any atom is 0.344 e. The van der Waals surface area contributed by atoms with Crippen molar-refractivity contribution < 1.29 is 29.3 Å². The molecule has 32 heavy (non-hydrogen) atoms. The molecule has 7 nitrogen and oxygen atoms in total.